The fourth-order valence-electron chi connectivity index (χ4n) is 1.95. The summed E-state index contributed by atoms with van der Waals surface area (Å²) in [6.07, 6.45) is -4.33. The third-order valence-electron chi connectivity index (χ3n) is 2.93. The van der Waals surface area contributed by atoms with Gasteiger partial charge in [-0.15, -0.1) is 0 Å². The van der Waals surface area contributed by atoms with E-state index in [1.165, 1.54) is 0 Å². The normalized spacial score (nSPS) is 11.2. The van der Waals surface area contributed by atoms with E-state index in [1.54, 1.807) is 60.7 Å². The van der Waals surface area contributed by atoms with Gasteiger partial charge < -0.3 is 0 Å². The molecule has 0 aliphatic heterocycles. The molecule has 0 bridgehead atoms. The molecule has 19 heavy (non-hydrogen) atoms. The van der Waals surface area contributed by atoms with Crippen LogP contribution in [-0.4, -0.2) is 6.18 Å². The van der Waals surface area contributed by atoms with Crippen LogP contribution in [0.25, 0.3) is 5.57 Å². The molecule has 0 unspecified atom stereocenters. The highest BCUT2D eigenvalue weighted by Crippen LogP contribution is 2.35. The number of halogens is 3. The molecule has 0 amide bonds. The Bertz CT molecular complexity index is 524. The molecule has 0 atom stereocenters. The third kappa shape index (κ3) is 3.05. The second-order valence-electron chi connectivity index (χ2n) is 4.23. The van der Waals surface area contributed by atoms with E-state index >= 15 is 0 Å². The molecule has 2 rings (SSSR count). The minimum atomic E-state index is -4.33. The lowest BCUT2D eigenvalue weighted by Crippen LogP contribution is -2.12. The average Bonchev–Trinajstić information content (AvgIpc) is 2.40. The first kappa shape index (κ1) is 13.4. The van der Waals surface area contributed by atoms with Crippen LogP contribution < -0.4 is 0 Å². The first-order valence-electron chi connectivity index (χ1n) is 5.89. The van der Waals surface area contributed by atoms with Crippen LogP contribution in [-0.2, 0) is 0 Å². The molecule has 98 valence electrons. The van der Waals surface area contributed by atoms with Crippen molar-refractivity contribution < 1.29 is 13.2 Å². The van der Waals surface area contributed by atoms with Gasteiger partial charge in [0.15, 0.2) is 0 Å². The Morgan fingerprint density at radius 3 is 1.42 bits per heavy atom. The predicted octanol–water partition coefficient (Wildman–Crippen LogP) is 5.07. The summed E-state index contributed by atoms with van der Waals surface area (Å²) in [7, 11) is 0. The maximum Gasteiger partial charge on any atom is 0.413 e. The summed E-state index contributed by atoms with van der Waals surface area (Å²) >= 11 is 0. The SMILES string of the molecule is CC(=C(c1ccccc1)c1ccccc1)C(F)(F)F. The molecule has 0 aliphatic carbocycles. The van der Waals surface area contributed by atoms with Crippen molar-refractivity contribution in [1.29, 1.82) is 0 Å². The lowest BCUT2D eigenvalue weighted by molar-refractivity contribution is -0.0906. The number of alkyl halides is 3. The van der Waals surface area contributed by atoms with E-state index in [0.29, 0.717) is 11.1 Å². The first-order valence-corrected chi connectivity index (χ1v) is 5.89. The zero-order chi connectivity index (χ0) is 13.9. The van der Waals surface area contributed by atoms with E-state index in [0.717, 1.165) is 6.92 Å². The van der Waals surface area contributed by atoms with Gasteiger partial charge in [0, 0.05) is 5.57 Å². The van der Waals surface area contributed by atoms with Crippen LogP contribution in [0.4, 0.5) is 13.2 Å². The van der Waals surface area contributed by atoms with E-state index in [4.69, 9.17) is 0 Å². The monoisotopic (exact) mass is 262 g/mol. The number of benzene rings is 2. The molecule has 0 nitrogen and oxygen atoms in total. The smallest absolute Gasteiger partial charge is 0.166 e. The Morgan fingerprint density at radius 2 is 1.11 bits per heavy atom. The molecule has 0 radical (unpaired) electrons. The van der Waals surface area contributed by atoms with E-state index in [-0.39, 0.29) is 5.57 Å². The molecule has 0 spiro atoms. The second kappa shape index (κ2) is 5.31. The molecule has 0 saturated carbocycles. The maximum atomic E-state index is 13.0. The quantitative estimate of drug-likeness (QED) is 0.708. The number of hydrogen-bond acceptors (Lipinski definition) is 0. The molecular formula is C16H13F3. The first-order chi connectivity index (χ1) is 9.00. The van der Waals surface area contributed by atoms with Gasteiger partial charge in [-0.25, -0.2) is 0 Å². The highest BCUT2D eigenvalue weighted by atomic mass is 19.4. The summed E-state index contributed by atoms with van der Waals surface area (Å²) in [5.41, 5.74) is 0.797. The van der Waals surface area contributed by atoms with Gasteiger partial charge in [0.2, 0.25) is 0 Å². The molecule has 0 aliphatic rings. The van der Waals surface area contributed by atoms with E-state index < -0.39 is 11.7 Å². The van der Waals surface area contributed by atoms with E-state index in [9.17, 15) is 13.2 Å². The van der Waals surface area contributed by atoms with Gasteiger partial charge in [0.1, 0.15) is 0 Å². The van der Waals surface area contributed by atoms with Crippen LogP contribution in [0.5, 0.6) is 0 Å². The fourth-order valence-corrected chi connectivity index (χ4v) is 1.95. The van der Waals surface area contributed by atoms with Crippen LogP contribution >= 0.6 is 0 Å². The summed E-state index contributed by atoms with van der Waals surface area (Å²) in [5, 5.41) is 0. The highest BCUT2D eigenvalue weighted by Gasteiger charge is 2.33. The molecule has 0 aromatic heterocycles. The van der Waals surface area contributed by atoms with Gasteiger partial charge in [0.25, 0.3) is 0 Å². The highest BCUT2D eigenvalue weighted by molar-refractivity contribution is 5.82. The summed E-state index contributed by atoms with van der Waals surface area (Å²) in [5.74, 6) is 0. The second-order valence-corrected chi connectivity index (χ2v) is 4.23. The van der Waals surface area contributed by atoms with Crippen molar-refractivity contribution in [2.24, 2.45) is 0 Å². The molecule has 2 aromatic rings. The summed E-state index contributed by atoms with van der Waals surface area (Å²) in [6, 6.07) is 17.3. The van der Waals surface area contributed by atoms with Crippen LogP contribution in [0.2, 0.25) is 0 Å². The van der Waals surface area contributed by atoms with Gasteiger partial charge in [-0.1, -0.05) is 60.7 Å². The van der Waals surface area contributed by atoms with Crippen molar-refractivity contribution in [3.63, 3.8) is 0 Å². The molecular weight excluding hydrogens is 249 g/mol. The topological polar surface area (TPSA) is 0 Å². The van der Waals surface area contributed by atoms with Gasteiger partial charge in [-0.3, -0.25) is 0 Å². The Morgan fingerprint density at radius 1 is 0.737 bits per heavy atom. The number of hydrogen-bond donors (Lipinski definition) is 0. The Kier molecular flexibility index (Phi) is 3.74. The van der Waals surface area contributed by atoms with Gasteiger partial charge in [0.05, 0.1) is 0 Å². The minimum absolute atomic E-state index is 0.230. The third-order valence-corrected chi connectivity index (χ3v) is 2.93. The minimum Gasteiger partial charge on any atom is -0.166 e. The Balaban J connectivity index is 2.66. The summed E-state index contributed by atoms with van der Waals surface area (Å²) < 4.78 is 39.0. The fraction of sp³-hybridized carbons (Fsp3) is 0.125. The average molecular weight is 262 g/mol. The number of rotatable bonds is 2. The zero-order valence-electron chi connectivity index (χ0n) is 10.4. The van der Waals surface area contributed by atoms with Crippen LogP contribution in [0, 0.1) is 0 Å². The molecule has 3 heteroatoms. The van der Waals surface area contributed by atoms with Crippen molar-refractivity contribution in [2.45, 2.75) is 13.1 Å². The van der Waals surface area contributed by atoms with Crippen molar-refractivity contribution >= 4 is 5.57 Å². The Labute approximate surface area is 110 Å². The molecule has 0 heterocycles. The van der Waals surface area contributed by atoms with E-state index in [1.807, 2.05) is 0 Å². The molecule has 0 saturated heterocycles. The van der Waals surface area contributed by atoms with Crippen LogP contribution in [0.3, 0.4) is 0 Å². The van der Waals surface area contributed by atoms with Crippen molar-refractivity contribution in [2.75, 3.05) is 0 Å². The van der Waals surface area contributed by atoms with Crippen LogP contribution in [0.1, 0.15) is 18.1 Å². The predicted molar refractivity (Wildman–Crippen MR) is 70.6 cm³/mol. The largest absolute Gasteiger partial charge is 0.413 e. The Hall–Kier alpha value is -2.03. The lowest BCUT2D eigenvalue weighted by atomic mass is 9.93. The van der Waals surface area contributed by atoms with Crippen molar-refractivity contribution in [1.82, 2.24) is 0 Å². The van der Waals surface area contributed by atoms with Gasteiger partial charge in [-0.05, 0) is 23.6 Å². The van der Waals surface area contributed by atoms with Gasteiger partial charge in [-0.2, -0.15) is 13.2 Å². The molecule has 0 N–H and O–H groups in total. The van der Waals surface area contributed by atoms with Crippen LogP contribution in [0.15, 0.2) is 66.2 Å². The molecule has 2 aromatic carbocycles. The lowest BCUT2D eigenvalue weighted by Gasteiger charge is -2.15. The molecule has 0 fully saturated rings. The summed E-state index contributed by atoms with van der Waals surface area (Å²) in [4.78, 5) is 0. The van der Waals surface area contributed by atoms with Crippen molar-refractivity contribution in [3.8, 4) is 0 Å². The van der Waals surface area contributed by atoms with Crippen molar-refractivity contribution in [3.05, 3.63) is 77.4 Å². The van der Waals surface area contributed by atoms with E-state index in [2.05, 4.69) is 0 Å². The summed E-state index contributed by atoms with van der Waals surface area (Å²) in [6.45, 7) is 1.12. The maximum absolute atomic E-state index is 13.0. The van der Waals surface area contributed by atoms with Gasteiger partial charge >= 0.3 is 6.18 Å². The zero-order valence-corrected chi connectivity index (χ0v) is 10.4. The standard InChI is InChI=1S/C16H13F3/c1-12(16(17,18)19)15(13-8-4-2-5-9-13)14-10-6-3-7-11-14/h2-11H,1H3. The number of allylic oxidation sites excluding steroid dienone is 1.